The zero-order valence-electron chi connectivity index (χ0n) is 9.54. The molecule has 0 N–H and O–H groups in total. The predicted molar refractivity (Wildman–Crippen MR) is 61.2 cm³/mol. The van der Waals surface area contributed by atoms with E-state index in [2.05, 4.69) is 6.92 Å². The maximum Gasteiger partial charge on any atom is 0.275 e. The monoisotopic (exact) mass is 207 g/mol. The number of aryl methyl sites for hydroxylation is 3. The smallest absolute Gasteiger partial charge is 0.258 e. The minimum atomic E-state index is -0.253. The van der Waals surface area contributed by atoms with Crippen molar-refractivity contribution in [2.24, 2.45) is 0 Å². The van der Waals surface area contributed by atoms with Gasteiger partial charge in [0.2, 0.25) is 0 Å². The van der Waals surface area contributed by atoms with Crippen LogP contribution < -0.4 is 0 Å². The van der Waals surface area contributed by atoms with Gasteiger partial charge >= 0.3 is 0 Å². The van der Waals surface area contributed by atoms with E-state index in [4.69, 9.17) is 0 Å². The first kappa shape index (κ1) is 11.7. The summed E-state index contributed by atoms with van der Waals surface area (Å²) < 4.78 is 0. The van der Waals surface area contributed by atoms with Gasteiger partial charge in [0.05, 0.1) is 4.92 Å². The molecule has 3 heteroatoms. The maximum atomic E-state index is 11.0. The fourth-order valence-electron chi connectivity index (χ4n) is 1.81. The minimum absolute atomic E-state index is 0.253. The molecular weight excluding hydrogens is 190 g/mol. The molecule has 0 radical (unpaired) electrons. The van der Waals surface area contributed by atoms with Crippen LogP contribution in [0.15, 0.2) is 12.1 Å². The summed E-state index contributed by atoms with van der Waals surface area (Å²) >= 11 is 0. The zero-order chi connectivity index (χ0) is 11.4. The van der Waals surface area contributed by atoms with Gasteiger partial charge in [-0.3, -0.25) is 10.1 Å². The average Bonchev–Trinajstić information content (AvgIpc) is 2.26. The molecule has 0 aliphatic rings. The second-order valence-electron chi connectivity index (χ2n) is 3.58. The molecule has 0 atom stereocenters. The Hall–Kier alpha value is -1.38. The first-order valence-electron chi connectivity index (χ1n) is 5.43. The van der Waals surface area contributed by atoms with Gasteiger partial charge in [0.15, 0.2) is 0 Å². The highest BCUT2D eigenvalue weighted by molar-refractivity contribution is 5.50. The highest BCUT2D eigenvalue weighted by atomic mass is 16.6. The molecule has 0 heterocycles. The van der Waals surface area contributed by atoms with E-state index in [-0.39, 0.29) is 4.92 Å². The van der Waals surface area contributed by atoms with E-state index < -0.39 is 0 Å². The highest BCUT2D eigenvalue weighted by Gasteiger charge is 2.18. The standard InChI is InChI=1S/C12H17NO2/c1-4-9-7-10(5-2)12(13(14)15)11(6-3)8-9/h7-8H,4-6H2,1-3H3. The van der Waals surface area contributed by atoms with Crippen molar-refractivity contribution in [2.45, 2.75) is 40.0 Å². The van der Waals surface area contributed by atoms with Gasteiger partial charge in [-0.2, -0.15) is 0 Å². The first-order chi connectivity index (χ1) is 7.13. The van der Waals surface area contributed by atoms with E-state index in [1.807, 2.05) is 26.0 Å². The van der Waals surface area contributed by atoms with Gasteiger partial charge in [0.25, 0.3) is 5.69 Å². The Bertz CT molecular complexity index is 347. The van der Waals surface area contributed by atoms with E-state index in [0.29, 0.717) is 5.69 Å². The van der Waals surface area contributed by atoms with Gasteiger partial charge in [0, 0.05) is 11.1 Å². The van der Waals surface area contributed by atoms with Crippen LogP contribution in [0.2, 0.25) is 0 Å². The van der Waals surface area contributed by atoms with Gasteiger partial charge in [-0.15, -0.1) is 0 Å². The van der Waals surface area contributed by atoms with Crippen molar-refractivity contribution in [3.05, 3.63) is 38.9 Å². The Kier molecular flexibility index (Phi) is 3.83. The normalized spacial score (nSPS) is 10.3. The van der Waals surface area contributed by atoms with Crippen LogP contribution in [0.4, 0.5) is 5.69 Å². The molecule has 0 fully saturated rings. The summed E-state index contributed by atoms with van der Waals surface area (Å²) in [4.78, 5) is 10.7. The molecule has 0 saturated carbocycles. The number of hydrogen-bond donors (Lipinski definition) is 0. The van der Waals surface area contributed by atoms with Crippen LogP contribution in [-0.2, 0) is 19.3 Å². The third-order valence-electron chi connectivity index (χ3n) is 2.68. The highest BCUT2D eigenvalue weighted by Crippen LogP contribution is 2.27. The number of nitro groups is 1. The molecule has 3 nitrogen and oxygen atoms in total. The fourth-order valence-corrected chi connectivity index (χ4v) is 1.81. The quantitative estimate of drug-likeness (QED) is 0.561. The summed E-state index contributed by atoms with van der Waals surface area (Å²) in [6, 6.07) is 3.91. The van der Waals surface area contributed by atoms with Crippen LogP contribution in [0.1, 0.15) is 37.5 Å². The molecule has 0 bridgehead atoms. The summed E-state index contributed by atoms with van der Waals surface area (Å²) in [7, 11) is 0. The molecule has 0 amide bonds. The second-order valence-corrected chi connectivity index (χ2v) is 3.58. The van der Waals surface area contributed by atoms with Crippen LogP contribution in [0.5, 0.6) is 0 Å². The summed E-state index contributed by atoms with van der Waals surface area (Å²) in [5, 5.41) is 11.0. The number of rotatable bonds is 4. The van der Waals surface area contributed by atoms with Crippen molar-refractivity contribution in [1.82, 2.24) is 0 Å². The summed E-state index contributed by atoms with van der Waals surface area (Å²) in [6.07, 6.45) is 2.37. The number of benzene rings is 1. The Labute approximate surface area is 90.3 Å². The van der Waals surface area contributed by atoms with Crippen LogP contribution in [-0.4, -0.2) is 4.92 Å². The average molecular weight is 207 g/mol. The molecular formula is C12H17NO2. The number of hydrogen-bond acceptors (Lipinski definition) is 2. The molecule has 0 unspecified atom stereocenters. The van der Waals surface area contributed by atoms with Crippen molar-refractivity contribution in [3.8, 4) is 0 Å². The van der Waals surface area contributed by atoms with Crippen molar-refractivity contribution < 1.29 is 4.92 Å². The molecule has 0 saturated heterocycles. The molecule has 15 heavy (non-hydrogen) atoms. The summed E-state index contributed by atoms with van der Waals surface area (Å²) in [5.41, 5.74) is 3.22. The zero-order valence-corrected chi connectivity index (χ0v) is 9.54. The SMILES string of the molecule is CCc1cc(CC)c([N+](=O)[O-])c(CC)c1. The van der Waals surface area contributed by atoms with E-state index in [1.54, 1.807) is 0 Å². The first-order valence-corrected chi connectivity index (χ1v) is 5.43. The Morgan fingerprint density at radius 3 is 1.80 bits per heavy atom. The third-order valence-corrected chi connectivity index (χ3v) is 2.68. The van der Waals surface area contributed by atoms with Gasteiger partial charge in [-0.05, 0) is 37.0 Å². The number of nitrogens with zero attached hydrogens (tertiary/aromatic N) is 1. The van der Waals surface area contributed by atoms with E-state index in [9.17, 15) is 10.1 Å². The Morgan fingerprint density at radius 1 is 1.07 bits per heavy atom. The Balaban J connectivity index is 3.39. The third kappa shape index (κ3) is 2.35. The van der Waals surface area contributed by atoms with E-state index >= 15 is 0 Å². The molecule has 0 spiro atoms. The van der Waals surface area contributed by atoms with Crippen molar-refractivity contribution in [1.29, 1.82) is 0 Å². The minimum Gasteiger partial charge on any atom is -0.258 e. The van der Waals surface area contributed by atoms with Crippen molar-refractivity contribution >= 4 is 5.69 Å². The summed E-state index contributed by atoms with van der Waals surface area (Å²) in [5.74, 6) is 0. The molecule has 0 aromatic heterocycles. The molecule has 0 aliphatic heterocycles. The lowest BCUT2D eigenvalue weighted by Crippen LogP contribution is -2.01. The van der Waals surface area contributed by atoms with Gasteiger partial charge in [0.1, 0.15) is 0 Å². The van der Waals surface area contributed by atoms with Gasteiger partial charge in [-0.1, -0.05) is 20.8 Å². The molecule has 1 aromatic carbocycles. The van der Waals surface area contributed by atoms with E-state index in [1.165, 1.54) is 5.56 Å². The Morgan fingerprint density at radius 2 is 1.53 bits per heavy atom. The molecule has 1 rings (SSSR count). The largest absolute Gasteiger partial charge is 0.275 e. The van der Waals surface area contributed by atoms with Crippen LogP contribution >= 0.6 is 0 Å². The van der Waals surface area contributed by atoms with E-state index in [0.717, 1.165) is 30.4 Å². The van der Waals surface area contributed by atoms with Crippen LogP contribution in [0.25, 0.3) is 0 Å². The summed E-state index contributed by atoms with van der Waals surface area (Å²) in [6.45, 7) is 5.99. The second kappa shape index (κ2) is 4.91. The van der Waals surface area contributed by atoms with Crippen molar-refractivity contribution in [3.63, 3.8) is 0 Å². The van der Waals surface area contributed by atoms with Gasteiger partial charge in [-0.25, -0.2) is 0 Å². The predicted octanol–water partition coefficient (Wildman–Crippen LogP) is 3.28. The molecule has 82 valence electrons. The van der Waals surface area contributed by atoms with Crippen LogP contribution in [0, 0.1) is 10.1 Å². The topological polar surface area (TPSA) is 43.1 Å². The van der Waals surface area contributed by atoms with Crippen molar-refractivity contribution in [2.75, 3.05) is 0 Å². The van der Waals surface area contributed by atoms with Crippen LogP contribution in [0.3, 0.4) is 0 Å². The fraction of sp³-hybridized carbons (Fsp3) is 0.500. The number of nitro benzene ring substituents is 1. The lowest BCUT2D eigenvalue weighted by atomic mass is 9.98. The molecule has 1 aromatic rings. The molecule has 0 aliphatic carbocycles. The maximum absolute atomic E-state index is 11.0. The van der Waals surface area contributed by atoms with Gasteiger partial charge < -0.3 is 0 Å². The lowest BCUT2D eigenvalue weighted by Gasteiger charge is -2.08. The lowest BCUT2D eigenvalue weighted by molar-refractivity contribution is -0.386.